The SMILES string of the molecule is CCCCCOC1=CC(OCCCCC)=C(C)C(C)(OCCCCC)C1(C)[P-]C(=O)c1ccccc1.[Li+]. The van der Waals surface area contributed by atoms with E-state index in [2.05, 4.69) is 41.5 Å². The fraction of sp³-hybridized carbons (Fsp3) is 0.645. The average Bonchev–Trinajstić information content (AvgIpc) is 2.88. The van der Waals surface area contributed by atoms with Crippen molar-refractivity contribution in [1.29, 1.82) is 0 Å². The Morgan fingerprint density at radius 3 is 1.92 bits per heavy atom. The van der Waals surface area contributed by atoms with Gasteiger partial charge < -0.3 is 27.6 Å². The largest absolute Gasteiger partial charge is 1.00 e. The van der Waals surface area contributed by atoms with Gasteiger partial charge in [0.1, 0.15) is 5.76 Å². The maximum atomic E-state index is 13.5. The van der Waals surface area contributed by atoms with E-state index in [0.717, 1.165) is 74.9 Å². The molecule has 0 spiro atoms. The molecule has 2 atom stereocenters. The van der Waals surface area contributed by atoms with Crippen molar-refractivity contribution in [3.05, 3.63) is 59.1 Å². The van der Waals surface area contributed by atoms with Crippen LogP contribution in [0, 0.1) is 0 Å². The van der Waals surface area contributed by atoms with Crippen LogP contribution in [0.15, 0.2) is 53.5 Å². The van der Waals surface area contributed by atoms with Crippen LogP contribution >= 0.6 is 8.58 Å². The topological polar surface area (TPSA) is 44.8 Å². The molecule has 1 aromatic carbocycles. The van der Waals surface area contributed by atoms with Crippen molar-refractivity contribution >= 4 is 14.1 Å². The molecule has 0 saturated heterocycles. The molecule has 4 nitrogen and oxygen atoms in total. The number of hydrogen-bond donors (Lipinski definition) is 0. The van der Waals surface area contributed by atoms with Crippen LogP contribution < -0.4 is 18.9 Å². The fourth-order valence-electron chi connectivity index (χ4n) is 4.49. The molecule has 1 aromatic rings. The van der Waals surface area contributed by atoms with Gasteiger partial charge >= 0.3 is 18.9 Å². The molecule has 2 rings (SSSR count). The second-order valence-corrected chi connectivity index (χ2v) is 11.6. The Hall–Kier alpha value is -1.04. The zero-order valence-electron chi connectivity index (χ0n) is 24.5. The van der Waals surface area contributed by atoms with Crippen molar-refractivity contribution in [2.24, 2.45) is 0 Å². The van der Waals surface area contributed by atoms with Gasteiger partial charge in [0.2, 0.25) is 0 Å². The average molecular weight is 523 g/mol. The van der Waals surface area contributed by atoms with Gasteiger partial charge in [-0.2, -0.15) is 0 Å². The number of rotatable bonds is 18. The first kappa shape index (κ1) is 34.0. The number of ether oxygens (including phenoxy) is 3. The van der Waals surface area contributed by atoms with Crippen LogP contribution in [0.25, 0.3) is 0 Å². The van der Waals surface area contributed by atoms with Crippen LogP contribution in [0.1, 0.15) is 110 Å². The van der Waals surface area contributed by atoms with Gasteiger partial charge in [0.25, 0.3) is 0 Å². The molecule has 37 heavy (non-hydrogen) atoms. The van der Waals surface area contributed by atoms with Gasteiger partial charge in [-0.3, -0.25) is 0 Å². The summed E-state index contributed by atoms with van der Waals surface area (Å²) >= 11 is 0. The summed E-state index contributed by atoms with van der Waals surface area (Å²) in [4.78, 5) is 13.5. The summed E-state index contributed by atoms with van der Waals surface area (Å²) in [6, 6.07) is 9.54. The molecular weight excluding hydrogens is 474 g/mol. The number of carbonyl (C=O) groups is 1. The van der Waals surface area contributed by atoms with E-state index < -0.39 is 10.8 Å². The Balaban J connectivity index is 0.00000684. The molecule has 0 aromatic heterocycles. The van der Waals surface area contributed by atoms with Crippen molar-refractivity contribution in [2.75, 3.05) is 19.8 Å². The van der Waals surface area contributed by atoms with E-state index in [1.54, 1.807) is 0 Å². The van der Waals surface area contributed by atoms with Crippen molar-refractivity contribution in [3.8, 4) is 0 Å². The van der Waals surface area contributed by atoms with E-state index in [4.69, 9.17) is 14.2 Å². The van der Waals surface area contributed by atoms with Gasteiger partial charge in [-0.1, -0.05) is 102 Å². The first-order valence-electron chi connectivity index (χ1n) is 14.0. The summed E-state index contributed by atoms with van der Waals surface area (Å²) in [5.41, 5.74) is 1.08. The Morgan fingerprint density at radius 2 is 1.35 bits per heavy atom. The van der Waals surface area contributed by atoms with Crippen LogP contribution in [0.5, 0.6) is 0 Å². The van der Waals surface area contributed by atoms with Crippen LogP contribution in [0.3, 0.4) is 0 Å². The summed E-state index contributed by atoms with van der Waals surface area (Å²) in [5, 5.41) is -0.682. The van der Waals surface area contributed by atoms with E-state index in [1.165, 1.54) is 0 Å². The number of carbonyl (C=O) groups excluding carboxylic acids is 1. The summed E-state index contributed by atoms with van der Waals surface area (Å²) in [6.07, 6.45) is 11.8. The Kier molecular flexibility index (Phi) is 16.1. The fourth-order valence-corrected chi connectivity index (χ4v) is 5.86. The van der Waals surface area contributed by atoms with Gasteiger partial charge in [-0.05, 0) is 44.2 Å². The van der Waals surface area contributed by atoms with Crippen LogP contribution in [-0.2, 0) is 14.2 Å². The first-order valence-corrected chi connectivity index (χ1v) is 14.9. The Labute approximate surface area is 240 Å². The predicted octanol–water partition coefficient (Wildman–Crippen LogP) is 6.09. The van der Waals surface area contributed by atoms with Gasteiger partial charge in [-0.15, -0.1) is 0 Å². The van der Waals surface area contributed by atoms with Crippen molar-refractivity contribution in [2.45, 2.75) is 110 Å². The summed E-state index contributed by atoms with van der Waals surface area (Å²) in [5.74, 6) is 1.62. The second-order valence-electron chi connectivity index (χ2n) is 10.1. The normalized spacial score (nSPS) is 21.6. The minimum atomic E-state index is -0.734. The molecule has 0 saturated carbocycles. The molecule has 0 fully saturated rings. The van der Waals surface area contributed by atoms with E-state index in [0.29, 0.717) is 34.0 Å². The van der Waals surface area contributed by atoms with Gasteiger partial charge in [-0.25, -0.2) is 0 Å². The third kappa shape index (κ3) is 9.28. The van der Waals surface area contributed by atoms with Crippen LogP contribution in [0.4, 0.5) is 0 Å². The van der Waals surface area contributed by atoms with Crippen LogP contribution in [0.2, 0.25) is 0 Å². The van der Waals surface area contributed by atoms with Crippen molar-refractivity contribution in [1.82, 2.24) is 0 Å². The zero-order chi connectivity index (χ0) is 26.4. The molecule has 0 aliphatic heterocycles. The molecule has 0 radical (unpaired) electrons. The quantitative estimate of drug-likeness (QED) is 0.133. The van der Waals surface area contributed by atoms with Gasteiger partial charge in [0, 0.05) is 18.2 Å². The Morgan fingerprint density at radius 1 is 0.811 bits per heavy atom. The van der Waals surface area contributed by atoms with E-state index in [9.17, 15) is 4.79 Å². The van der Waals surface area contributed by atoms with Crippen molar-refractivity contribution in [3.63, 3.8) is 0 Å². The smallest absolute Gasteiger partial charge is 0.500 e. The molecule has 2 unspecified atom stereocenters. The molecule has 0 bridgehead atoms. The number of allylic oxidation sites excluding steroid dienone is 1. The minimum absolute atomic E-state index is 0. The monoisotopic (exact) mass is 522 g/mol. The first-order chi connectivity index (χ1) is 17.3. The molecule has 202 valence electrons. The van der Waals surface area contributed by atoms with Crippen molar-refractivity contribution < 1.29 is 37.9 Å². The molecule has 1 aliphatic carbocycles. The minimum Gasteiger partial charge on any atom is -0.500 e. The maximum Gasteiger partial charge on any atom is 1.00 e. The number of hydrogen-bond acceptors (Lipinski definition) is 4. The summed E-state index contributed by atoms with van der Waals surface area (Å²) in [7, 11) is 0.641. The van der Waals surface area contributed by atoms with E-state index in [-0.39, 0.29) is 24.4 Å². The molecule has 0 heterocycles. The Bertz CT molecular complexity index is 869. The molecular formula is C31H48LiO4P. The van der Waals surface area contributed by atoms with Gasteiger partial charge in [0.05, 0.1) is 24.6 Å². The van der Waals surface area contributed by atoms with Crippen LogP contribution in [-0.4, -0.2) is 36.1 Å². The summed E-state index contributed by atoms with van der Waals surface area (Å²) < 4.78 is 19.5. The molecule has 1 aliphatic rings. The molecule has 0 N–H and O–H groups in total. The predicted molar refractivity (Wildman–Crippen MR) is 152 cm³/mol. The maximum absolute atomic E-state index is 13.5. The van der Waals surface area contributed by atoms with E-state index >= 15 is 0 Å². The zero-order valence-corrected chi connectivity index (χ0v) is 25.4. The third-order valence-corrected chi connectivity index (χ3v) is 8.81. The molecule has 0 amide bonds. The number of unbranched alkanes of at least 4 members (excludes halogenated alkanes) is 6. The third-order valence-electron chi connectivity index (χ3n) is 7.25. The molecule has 6 heteroatoms. The summed E-state index contributed by atoms with van der Waals surface area (Å²) in [6.45, 7) is 14.9. The van der Waals surface area contributed by atoms with E-state index in [1.807, 2.05) is 36.4 Å². The van der Waals surface area contributed by atoms with Gasteiger partial charge in [0.15, 0.2) is 0 Å². The standard InChI is InChI=1S/C31H48O4P.Li/c1-7-10-16-21-33-27-24-28(34-22-17-11-8-2)31(6,36-29(32)26-19-14-13-15-20-26)30(5,25(27)4)35-23-18-12-9-3;/h13-15,19-20,24H,7-12,16-18,21-23H2,1-6H3;/q-1;+1. The second kappa shape index (κ2) is 17.5. The number of benzene rings is 1.